The van der Waals surface area contributed by atoms with Crippen molar-refractivity contribution >= 4 is 23.5 Å². The Morgan fingerprint density at radius 2 is 1.92 bits per heavy atom. The van der Waals surface area contributed by atoms with E-state index in [1.807, 2.05) is 13.8 Å². The average Bonchev–Trinajstić information content (AvgIpc) is 3.11. The maximum Gasteiger partial charge on any atom is 0.319 e. The maximum atomic E-state index is 15.1. The zero-order chi connectivity index (χ0) is 25.8. The molecule has 8 nitrogen and oxygen atoms in total. The second kappa shape index (κ2) is 8.57. The number of methoxy groups -OCH3 is 1. The van der Waals surface area contributed by atoms with Crippen LogP contribution in [0.5, 0.6) is 5.88 Å². The first-order chi connectivity index (χ1) is 17.1. The van der Waals surface area contributed by atoms with Crippen LogP contribution >= 0.6 is 0 Å². The van der Waals surface area contributed by atoms with E-state index >= 15 is 4.39 Å². The van der Waals surface area contributed by atoms with Crippen molar-refractivity contribution in [3.05, 3.63) is 52.5 Å². The number of anilines is 1. The van der Waals surface area contributed by atoms with Gasteiger partial charge in [-0.15, -0.1) is 0 Å². The highest BCUT2D eigenvalue weighted by Gasteiger charge is 2.55. The molecule has 36 heavy (non-hydrogen) atoms. The fourth-order valence-corrected chi connectivity index (χ4v) is 5.88. The number of rotatable bonds is 5. The highest BCUT2D eigenvalue weighted by atomic mass is 19.1. The number of benzene rings is 1. The number of pyridine rings is 1. The summed E-state index contributed by atoms with van der Waals surface area (Å²) in [5, 5.41) is 12.7. The summed E-state index contributed by atoms with van der Waals surface area (Å²) in [5.41, 5.74) is 1.18. The molecule has 0 spiro atoms. The lowest BCUT2D eigenvalue weighted by molar-refractivity contribution is -0.170. The summed E-state index contributed by atoms with van der Waals surface area (Å²) in [5.74, 6) is -2.25. The molecule has 1 aliphatic heterocycles. The minimum atomic E-state index is -1.51. The number of carboxylic acid groups (broad SMARTS) is 1. The lowest BCUT2D eigenvalue weighted by Gasteiger charge is -2.44. The third-order valence-electron chi connectivity index (χ3n) is 8.06. The molecule has 2 heterocycles. The predicted molar refractivity (Wildman–Crippen MR) is 129 cm³/mol. The quantitative estimate of drug-likeness (QED) is 0.612. The molecule has 3 aliphatic rings. The number of halogens is 1. The van der Waals surface area contributed by atoms with E-state index in [1.54, 1.807) is 18.2 Å². The second-order valence-electron chi connectivity index (χ2n) is 10.6. The molecular weight excluding hydrogens is 465 g/mol. The van der Waals surface area contributed by atoms with E-state index in [-0.39, 0.29) is 30.6 Å². The van der Waals surface area contributed by atoms with Gasteiger partial charge < -0.3 is 20.1 Å². The van der Waals surface area contributed by atoms with Crippen LogP contribution in [0, 0.1) is 11.2 Å². The summed E-state index contributed by atoms with van der Waals surface area (Å²) in [6.07, 6.45) is 3.02. The van der Waals surface area contributed by atoms with Crippen LogP contribution in [0.15, 0.2) is 24.3 Å². The number of fused-ring (bicyclic) bond motifs is 2. The van der Waals surface area contributed by atoms with E-state index < -0.39 is 29.2 Å². The number of carbonyl (C=O) groups is 3. The van der Waals surface area contributed by atoms with Gasteiger partial charge in [-0.3, -0.25) is 14.4 Å². The maximum absolute atomic E-state index is 15.1. The summed E-state index contributed by atoms with van der Waals surface area (Å²) in [6, 6.07) is 5.31. The van der Waals surface area contributed by atoms with Gasteiger partial charge in [-0.1, -0.05) is 20.3 Å². The summed E-state index contributed by atoms with van der Waals surface area (Å²) >= 11 is 0. The van der Waals surface area contributed by atoms with Gasteiger partial charge in [-0.2, -0.15) is 0 Å². The number of carboxylic acids is 1. The number of ether oxygens (including phenoxy) is 1. The normalized spacial score (nSPS) is 21.1. The number of nitrogens with one attached hydrogen (secondary N) is 1. The number of amides is 2. The molecule has 5 rings (SSSR count). The van der Waals surface area contributed by atoms with Gasteiger partial charge in [-0.25, -0.2) is 9.37 Å². The molecule has 1 atom stereocenters. The summed E-state index contributed by atoms with van der Waals surface area (Å²) in [7, 11) is 1.49. The van der Waals surface area contributed by atoms with Crippen LogP contribution in [-0.4, -0.2) is 46.4 Å². The first-order valence-corrected chi connectivity index (χ1v) is 12.3. The minimum Gasteiger partial charge on any atom is -0.481 e. The Hall–Kier alpha value is -3.49. The van der Waals surface area contributed by atoms with Gasteiger partial charge in [0.25, 0.3) is 5.91 Å². The molecule has 190 valence electrons. The first-order valence-electron chi connectivity index (χ1n) is 12.3. The fraction of sp³-hybridized carbons (Fsp3) is 0.481. The third-order valence-corrected chi connectivity index (χ3v) is 8.06. The molecule has 0 saturated heterocycles. The molecule has 2 amide bonds. The van der Waals surface area contributed by atoms with Gasteiger partial charge in [0, 0.05) is 30.3 Å². The van der Waals surface area contributed by atoms with Crippen molar-refractivity contribution in [3.63, 3.8) is 0 Å². The fourth-order valence-electron chi connectivity index (χ4n) is 5.88. The van der Waals surface area contributed by atoms with Crippen LogP contribution < -0.4 is 10.1 Å². The molecule has 1 aromatic heterocycles. The Bertz CT molecular complexity index is 1270. The van der Waals surface area contributed by atoms with Gasteiger partial charge in [-0.05, 0) is 60.4 Å². The highest BCUT2D eigenvalue weighted by Crippen LogP contribution is 2.46. The monoisotopic (exact) mass is 495 g/mol. The molecule has 2 N–H and O–H groups in total. The third kappa shape index (κ3) is 3.72. The lowest BCUT2D eigenvalue weighted by atomic mass is 9.67. The largest absolute Gasteiger partial charge is 0.481 e. The molecule has 9 heteroatoms. The van der Waals surface area contributed by atoms with E-state index in [2.05, 4.69) is 10.3 Å². The van der Waals surface area contributed by atoms with Crippen molar-refractivity contribution in [1.29, 1.82) is 0 Å². The summed E-state index contributed by atoms with van der Waals surface area (Å²) in [4.78, 5) is 45.2. The van der Waals surface area contributed by atoms with Crippen molar-refractivity contribution in [1.82, 2.24) is 9.88 Å². The molecule has 2 aromatic rings. The molecule has 0 unspecified atom stereocenters. The van der Waals surface area contributed by atoms with Gasteiger partial charge in [0.1, 0.15) is 17.3 Å². The molecule has 0 bridgehead atoms. The topological polar surface area (TPSA) is 109 Å². The SMILES string of the molecule is COc1ccc2c(n1)CCN(C(=O)C1(C(=O)O)CCC1)[C@H]2C(=O)Nc1cc(F)c2c(c1)CCC2(C)C. The van der Waals surface area contributed by atoms with E-state index in [1.165, 1.54) is 18.1 Å². The average molecular weight is 496 g/mol. The number of hydrogen-bond donors (Lipinski definition) is 2. The van der Waals surface area contributed by atoms with Crippen LogP contribution in [0.2, 0.25) is 0 Å². The Morgan fingerprint density at radius 3 is 2.56 bits per heavy atom. The van der Waals surface area contributed by atoms with E-state index in [4.69, 9.17) is 4.74 Å². The Kier molecular flexibility index (Phi) is 5.76. The molecule has 1 saturated carbocycles. The smallest absolute Gasteiger partial charge is 0.319 e. The molecule has 0 radical (unpaired) electrons. The van der Waals surface area contributed by atoms with Crippen LogP contribution in [-0.2, 0) is 32.6 Å². The van der Waals surface area contributed by atoms with Crippen molar-refractivity contribution in [2.75, 3.05) is 19.0 Å². The number of nitrogens with zero attached hydrogens (tertiary/aromatic N) is 2. The van der Waals surface area contributed by atoms with Crippen molar-refractivity contribution in [3.8, 4) is 5.88 Å². The summed E-state index contributed by atoms with van der Waals surface area (Å²) in [6.45, 7) is 4.15. The van der Waals surface area contributed by atoms with Crippen molar-refractivity contribution in [2.45, 2.75) is 63.8 Å². The Morgan fingerprint density at radius 1 is 1.17 bits per heavy atom. The number of aromatic nitrogens is 1. The second-order valence-corrected chi connectivity index (χ2v) is 10.6. The Labute approximate surface area is 208 Å². The zero-order valence-electron chi connectivity index (χ0n) is 20.7. The van der Waals surface area contributed by atoms with Gasteiger partial charge >= 0.3 is 5.97 Å². The van der Waals surface area contributed by atoms with Crippen molar-refractivity contribution < 1.29 is 28.6 Å². The highest BCUT2D eigenvalue weighted by molar-refractivity contribution is 6.06. The summed E-state index contributed by atoms with van der Waals surface area (Å²) < 4.78 is 20.3. The Balaban J connectivity index is 1.51. The lowest BCUT2D eigenvalue weighted by Crippen LogP contribution is -2.56. The van der Waals surface area contributed by atoms with E-state index in [0.717, 1.165) is 12.0 Å². The van der Waals surface area contributed by atoms with E-state index in [9.17, 15) is 19.5 Å². The van der Waals surface area contributed by atoms with Crippen LogP contribution in [0.4, 0.5) is 10.1 Å². The minimum absolute atomic E-state index is 0.145. The zero-order valence-corrected chi connectivity index (χ0v) is 20.7. The molecule has 1 fully saturated rings. The van der Waals surface area contributed by atoms with Crippen LogP contribution in [0.3, 0.4) is 0 Å². The molecular formula is C27H30FN3O5. The van der Waals surface area contributed by atoms with Gasteiger partial charge in [0.15, 0.2) is 0 Å². The molecule has 2 aliphatic carbocycles. The number of aryl methyl sites for hydroxylation is 1. The molecule has 1 aromatic carbocycles. The standard InChI is InChI=1S/C27H30FN3O5/c1-26(2)11-7-15-13-16(14-18(28)21(15)26)29-23(32)22-17-5-6-20(36-3)30-19(17)8-12-31(22)24(33)27(25(34)35)9-4-10-27/h5-6,13-14,22H,4,7-12H2,1-3H3,(H,29,32)(H,34,35)/t22-/m1/s1. The number of hydrogen-bond acceptors (Lipinski definition) is 5. The van der Waals surface area contributed by atoms with Gasteiger partial charge in [0.05, 0.1) is 12.8 Å². The van der Waals surface area contributed by atoms with Crippen LogP contribution in [0.1, 0.15) is 68.0 Å². The number of aliphatic carboxylic acids is 1. The van der Waals surface area contributed by atoms with Gasteiger partial charge in [0.2, 0.25) is 11.8 Å². The number of carbonyl (C=O) groups excluding carboxylic acids is 2. The predicted octanol–water partition coefficient (Wildman–Crippen LogP) is 3.77. The van der Waals surface area contributed by atoms with Crippen molar-refractivity contribution in [2.24, 2.45) is 5.41 Å². The first kappa shape index (κ1) is 24.2. The van der Waals surface area contributed by atoms with Crippen LogP contribution in [0.25, 0.3) is 0 Å². The van der Waals surface area contributed by atoms with E-state index in [0.29, 0.717) is 47.7 Å².